The van der Waals surface area contributed by atoms with E-state index in [0.717, 1.165) is 0 Å². The third kappa shape index (κ3) is 6.03. The van der Waals surface area contributed by atoms with Crippen LogP contribution in [0.5, 0.6) is 11.5 Å². The third-order valence-electron chi connectivity index (χ3n) is 3.25. The Morgan fingerprint density at radius 3 is 2.70 bits per heavy atom. The zero-order valence-electron chi connectivity index (χ0n) is 14.1. The monoisotopic (exact) mass is 379 g/mol. The maximum Gasteiger partial charge on any atom is 0.387 e. The molecule has 8 nitrogen and oxygen atoms in total. The number of para-hydroxylation sites is 2. The highest BCUT2D eigenvalue weighted by Gasteiger charge is 2.14. The maximum atomic E-state index is 12.2. The summed E-state index contributed by atoms with van der Waals surface area (Å²) in [5.41, 5.74) is 2.77. The fraction of sp³-hybridized carbons (Fsp3) is 0.176. The average molecular weight is 379 g/mol. The van der Waals surface area contributed by atoms with Crippen LogP contribution in [0.3, 0.4) is 0 Å². The SMILES string of the molecule is C/C(=N/NC(=O)COc1ccccc1[N+](=O)[O-])c1cccc(OC(F)F)c1. The van der Waals surface area contributed by atoms with Crippen LogP contribution in [0, 0.1) is 10.1 Å². The summed E-state index contributed by atoms with van der Waals surface area (Å²) >= 11 is 0. The van der Waals surface area contributed by atoms with Gasteiger partial charge in [-0.1, -0.05) is 24.3 Å². The zero-order valence-corrected chi connectivity index (χ0v) is 14.1. The molecule has 0 bridgehead atoms. The molecule has 0 unspecified atom stereocenters. The number of carbonyl (C=O) groups excluding carboxylic acids is 1. The molecular weight excluding hydrogens is 364 g/mol. The number of alkyl halides is 2. The van der Waals surface area contributed by atoms with E-state index in [0.29, 0.717) is 11.3 Å². The number of hydrazone groups is 1. The number of nitro benzene ring substituents is 1. The van der Waals surface area contributed by atoms with Gasteiger partial charge in [0.25, 0.3) is 5.91 Å². The summed E-state index contributed by atoms with van der Waals surface area (Å²) in [4.78, 5) is 22.1. The fourth-order valence-corrected chi connectivity index (χ4v) is 2.01. The number of halogens is 2. The number of benzene rings is 2. The van der Waals surface area contributed by atoms with Gasteiger partial charge in [0, 0.05) is 11.6 Å². The van der Waals surface area contributed by atoms with Gasteiger partial charge >= 0.3 is 12.3 Å². The Morgan fingerprint density at radius 1 is 1.26 bits per heavy atom. The summed E-state index contributed by atoms with van der Waals surface area (Å²) in [5, 5.41) is 14.7. The van der Waals surface area contributed by atoms with Crippen LogP contribution in [-0.4, -0.2) is 29.8 Å². The minimum atomic E-state index is -2.95. The minimum Gasteiger partial charge on any atom is -0.477 e. The highest BCUT2D eigenvalue weighted by atomic mass is 19.3. The molecule has 0 spiro atoms. The second-order valence-electron chi connectivity index (χ2n) is 5.15. The molecule has 27 heavy (non-hydrogen) atoms. The van der Waals surface area contributed by atoms with Gasteiger partial charge in [0.05, 0.1) is 10.6 Å². The number of nitrogens with one attached hydrogen (secondary N) is 1. The van der Waals surface area contributed by atoms with Crippen LogP contribution in [0.15, 0.2) is 53.6 Å². The van der Waals surface area contributed by atoms with Gasteiger partial charge < -0.3 is 9.47 Å². The number of nitro groups is 1. The molecule has 0 saturated heterocycles. The summed E-state index contributed by atoms with van der Waals surface area (Å²) in [7, 11) is 0. The number of nitrogens with zero attached hydrogens (tertiary/aromatic N) is 2. The molecule has 0 heterocycles. The van der Waals surface area contributed by atoms with Crippen molar-refractivity contribution in [1.82, 2.24) is 5.43 Å². The van der Waals surface area contributed by atoms with Crippen LogP contribution < -0.4 is 14.9 Å². The molecule has 142 valence electrons. The molecule has 0 aliphatic rings. The van der Waals surface area contributed by atoms with Gasteiger partial charge in [0.1, 0.15) is 5.75 Å². The van der Waals surface area contributed by atoms with Crippen LogP contribution >= 0.6 is 0 Å². The van der Waals surface area contributed by atoms with Gasteiger partial charge in [0.2, 0.25) is 0 Å². The zero-order chi connectivity index (χ0) is 19.8. The Morgan fingerprint density at radius 2 is 2.00 bits per heavy atom. The first-order chi connectivity index (χ1) is 12.9. The van der Waals surface area contributed by atoms with Crippen LogP contribution in [0.25, 0.3) is 0 Å². The Kier molecular flexibility index (Phi) is 6.75. The van der Waals surface area contributed by atoms with Crippen molar-refractivity contribution in [3.05, 3.63) is 64.2 Å². The standard InChI is InChI=1S/C17H15F2N3O5/c1-11(12-5-4-6-13(9-12)27-17(18)19)20-21-16(23)10-26-15-8-3-2-7-14(15)22(24)25/h2-9,17H,10H2,1H3,(H,21,23)/b20-11-. The van der Waals surface area contributed by atoms with E-state index < -0.39 is 24.0 Å². The topological polar surface area (TPSA) is 103 Å². The smallest absolute Gasteiger partial charge is 0.387 e. The highest BCUT2D eigenvalue weighted by Crippen LogP contribution is 2.25. The second kappa shape index (κ2) is 9.22. The Hall–Kier alpha value is -3.56. The summed E-state index contributed by atoms with van der Waals surface area (Å²) in [6, 6.07) is 11.5. The van der Waals surface area contributed by atoms with Crippen molar-refractivity contribution >= 4 is 17.3 Å². The van der Waals surface area contributed by atoms with E-state index in [4.69, 9.17) is 4.74 Å². The Labute approximate surface area is 152 Å². The highest BCUT2D eigenvalue weighted by molar-refractivity contribution is 5.99. The molecule has 1 amide bonds. The number of amides is 1. The van der Waals surface area contributed by atoms with Crippen molar-refractivity contribution in [3.8, 4) is 11.5 Å². The largest absolute Gasteiger partial charge is 0.477 e. The molecule has 0 saturated carbocycles. The average Bonchev–Trinajstić information content (AvgIpc) is 2.64. The maximum absolute atomic E-state index is 12.2. The number of rotatable bonds is 8. The molecule has 0 fully saturated rings. The first-order valence-corrected chi connectivity index (χ1v) is 7.61. The van der Waals surface area contributed by atoms with Crippen molar-refractivity contribution in [1.29, 1.82) is 0 Å². The number of carbonyl (C=O) groups is 1. The summed E-state index contributed by atoms with van der Waals surface area (Å²) in [6.07, 6.45) is 0. The quantitative estimate of drug-likeness (QED) is 0.431. The molecular formula is C17H15F2N3O5. The van der Waals surface area contributed by atoms with E-state index >= 15 is 0 Å². The Bertz CT molecular complexity index is 858. The van der Waals surface area contributed by atoms with E-state index in [1.165, 1.54) is 42.5 Å². The first-order valence-electron chi connectivity index (χ1n) is 7.61. The molecule has 0 aliphatic carbocycles. The van der Waals surface area contributed by atoms with Crippen LogP contribution in [-0.2, 0) is 4.79 Å². The van der Waals surface area contributed by atoms with E-state index in [-0.39, 0.29) is 17.2 Å². The molecule has 2 rings (SSSR count). The lowest BCUT2D eigenvalue weighted by molar-refractivity contribution is -0.385. The predicted molar refractivity (Wildman–Crippen MR) is 92.0 cm³/mol. The molecule has 2 aromatic carbocycles. The summed E-state index contributed by atoms with van der Waals surface area (Å²) in [6.45, 7) is -1.88. The summed E-state index contributed by atoms with van der Waals surface area (Å²) < 4.78 is 33.9. The molecule has 10 heteroatoms. The molecule has 0 radical (unpaired) electrons. The fourth-order valence-electron chi connectivity index (χ4n) is 2.01. The van der Waals surface area contributed by atoms with Gasteiger partial charge in [-0.05, 0) is 25.1 Å². The predicted octanol–water partition coefficient (Wildman–Crippen LogP) is 3.12. The van der Waals surface area contributed by atoms with Gasteiger partial charge in [-0.3, -0.25) is 14.9 Å². The Balaban J connectivity index is 1.95. The third-order valence-corrected chi connectivity index (χ3v) is 3.25. The molecule has 1 N–H and O–H groups in total. The van der Waals surface area contributed by atoms with Gasteiger partial charge in [-0.2, -0.15) is 13.9 Å². The van der Waals surface area contributed by atoms with Crippen LogP contribution in [0.2, 0.25) is 0 Å². The molecule has 0 aromatic heterocycles. The minimum absolute atomic E-state index is 0.0388. The van der Waals surface area contributed by atoms with E-state index in [9.17, 15) is 23.7 Å². The van der Waals surface area contributed by atoms with Crippen molar-refractivity contribution in [2.75, 3.05) is 6.61 Å². The van der Waals surface area contributed by atoms with Crippen LogP contribution in [0.1, 0.15) is 12.5 Å². The first kappa shape index (κ1) is 19.8. The van der Waals surface area contributed by atoms with Crippen molar-refractivity contribution < 1.29 is 28.0 Å². The van der Waals surface area contributed by atoms with Crippen LogP contribution in [0.4, 0.5) is 14.5 Å². The van der Waals surface area contributed by atoms with Crippen molar-refractivity contribution in [2.45, 2.75) is 13.5 Å². The van der Waals surface area contributed by atoms with Gasteiger partial charge in [-0.15, -0.1) is 0 Å². The molecule has 0 aliphatic heterocycles. The van der Waals surface area contributed by atoms with E-state index in [2.05, 4.69) is 15.3 Å². The van der Waals surface area contributed by atoms with Gasteiger partial charge in [0.15, 0.2) is 12.4 Å². The lowest BCUT2D eigenvalue weighted by atomic mass is 10.1. The number of hydrogen-bond acceptors (Lipinski definition) is 6. The lowest BCUT2D eigenvalue weighted by Crippen LogP contribution is -2.25. The number of ether oxygens (including phenoxy) is 2. The molecule has 0 atom stereocenters. The van der Waals surface area contributed by atoms with Gasteiger partial charge in [-0.25, -0.2) is 5.43 Å². The second-order valence-corrected chi connectivity index (χ2v) is 5.15. The molecule has 2 aromatic rings. The summed E-state index contributed by atoms with van der Waals surface area (Å²) in [5.74, 6) is -0.731. The van der Waals surface area contributed by atoms with E-state index in [1.54, 1.807) is 13.0 Å². The van der Waals surface area contributed by atoms with Crippen molar-refractivity contribution in [2.24, 2.45) is 5.10 Å². The number of hydrogen-bond donors (Lipinski definition) is 1. The van der Waals surface area contributed by atoms with Crippen molar-refractivity contribution in [3.63, 3.8) is 0 Å². The van der Waals surface area contributed by atoms with E-state index in [1.807, 2.05) is 0 Å². The lowest BCUT2D eigenvalue weighted by Gasteiger charge is -2.08. The normalized spacial score (nSPS) is 11.2.